The normalized spacial score (nSPS) is 11.8. The maximum absolute atomic E-state index is 12.4. The SMILES string of the molecule is CCOCc1c(C(=O)OCC(=O)NC(=O)N[C@H](C)CC)oc2ccccc12. The van der Waals surface area contributed by atoms with Crippen molar-refractivity contribution in [1.29, 1.82) is 0 Å². The lowest BCUT2D eigenvalue weighted by atomic mass is 10.1. The number of hydrogen-bond acceptors (Lipinski definition) is 6. The quantitative estimate of drug-likeness (QED) is 0.686. The zero-order chi connectivity index (χ0) is 19.8. The minimum atomic E-state index is -0.793. The van der Waals surface area contributed by atoms with Gasteiger partial charge in [0.25, 0.3) is 5.91 Å². The highest BCUT2D eigenvalue weighted by atomic mass is 16.5. The van der Waals surface area contributed by atoms with E-state index in [9.17, 15) is 14.4 Å². The van der Waals surface area contributed by atoms with Gasteiger partial charge in [-0.25, -0.2) is 9.59 Å². The lowest BCUT2D eigenvalue weighted by Crippen LogP contribution is -2.44. The number of fused-ring (bicyclic) bond motifs is 1. The summed E-state index contributed by atoms with van der Waals surface area (Å²) in [7, 11) is 0. The number of furan rings is 1. The van der Waals surface area contributed by atoms with Gasteiger partial charge in [0.05, 0.1) is 6.61 Å². The summed E-state index contributed by atoms with van der Waals surface area (Å²) in [5, 5.41) is 5.43. The molecule has 3 amide bonds. The van der Waals surface area contributed by atoms with Gasteiger partial charge in [-0.3, -0.25) is 10.1 Å². The van der Waals surface area contributed by atoms with Crippen molar-refractivity contribution in [3.8, 4) is 0 Å². The number of hydrogen-bond donors (Lipinski definition) is 2. The Hall–Kier alpha value is -2.87. The highest BCUT2D eigenvalue weighted by Gasteiger charge is 2.23. The first-order valence-electron chi connectivity index (χ1n) is 8.81. The Morgan fingerprint density at radius 3 is 2.63 bits per heavy atom. The van der Waals surface area contributed by atoms with Crippen molar-refractivity contribution in [1.82, 2.24) is 10.6 Å². The molecule has 0 aliphatic rings. The van der Waals surface area contributed by atoms with Crippen LogP contribution < -0.4 is 10.6 Å². The number of esters is 1. The molecule has 146 valence electrons. The average Bonchev–Trinajstić information content (AvgIpc) is 3.02. The number of nitrogens with one attached hydrogen (secondary N) is 2. The van der Waals surface area contributed by atoms with Crippen molar-refractivity contribution in [2.45, 2.75) is 39.8 Å². The lowest BCUT2D eigenvalue weighted by Gasteiger charge is -2.11. The van der Waals surface area contributed by atoms with Crippen LogP contribution in [0.5, 0.6) is 0 Å². The molecule has 1 aromatic carbocycles. The molecule has 2 aromatic rings. The number of ether oxygens (including phenoxy) is 2. The molecule has 0 fully saturated rings. The number of urea groups is 1. The van der Waals surface area contributed by atoms with Gasteiger partial charge in [0.15, 0.2) is 6.61 Å². The molecule has 1 atom stereocenters. The number of rotatable bonds is 8. The molecule has 0 bridgehead atoms. The van der Waals surface area contributed by atoms with Crippen LogP contribution in [0.25, 0.3) is 11.0 Å². The van der Waals surface area contributed by atoms with E-state index < -0.39 is 24.5 Å². The molecular weight excluding hydrogens is 352 g/mol. The summed E-state index contributed by atoms with van der Waals surface area (Å²) in [5.74, 6) is -1.54. The lowest BCUT2D eigenvalue weighted by molar-refractivity contribution is -0.123. The number of carbonyl (C=O) groups is 3. The van der Waals surface area contributed by atoms with Crippen LogP contribution in [-0.2, 0) is 20.9 Å². The summed E-state index contributed by atoms with van der Waals surface area (Å²) in [6, 6.07) is 6.45. The minimum absolute atomic E-state index is 0.0125. The van der Waals surface area contributed by atoms with E-state index in [-0.39, 0.29) is 18.4 Å². The van der Waals surface area contributed by atoms with Gasteiger partial charge >= 0.3 is 12.0 Å². The molecule has 8 heteroatoms. The second kappa shape index (κ2) is 9.72. The molecule has 0 saturated carbocycles. The zero-order valence-electron chi connectivity index (χ0n) is 15.7. The van der Waals surface area contributed by atoms with Crippen LogP contribution in [0, 0.1) is 0 Å². The summed E-state index contributed by atoms with van der Waals surface area (Å²) in [4.78, 5) is 35.8. The fourth-order valence-corrected chi connectivity index (χ4v) is 2.33. The van der Waals surface area contributed by atoms with Crippen LogP contribution in [0.4, 0.5) is 4.79 Å². The zero-order valence-corrected chi connectivity index (χ0v) is 15.7. The summed E-state index contributed by atoms with van der Waals surface area (Å²) < 4.78 is 16.0. The summed E-state index contributed by atoms with van der Waals surface area (Å²) in [5.41, 5.74) is 1.09. The number of amides is 3. The topological polar surface area (TPSA) is 107 Å². The van der Waals surface area contributed by atoms with Crippen LogP contribution in [-0.4, -0.2) is 37.2 Å². The van der Waals surface area contributed by atoms with Crippen molar-refractivity contribution < 1.29 is 28.3 Å². The van der Waals surface area contributed by atoms with Crippen molar-refractivity contribution >= 4 is 28.9 Å². The van der Waals surface area contributed by atoms with Gasteiger partial charge in [0.1, 0.15) is 5.58 Å². The van der Waals surface area contributed by atoms with Crippen LogP contribution in [0.15, 0.2) is 28.7 Å². The van der Waals surface area contributed by atoms with Gasteiger partial charge in [-0.2, -0.15) is 0 Å². The van der Waals surface area contributed by atoms with Crippen LogP contribution in [0.3, 0.4) is 0 Å². The van der Waals surface area contributed by atoms with Gasteiger partial charge in [-0.05, 0) is 26.3 Å². The third kappa shape index (κ3) is 5.55. The Morgan fingerprint density at radius 1 is 1.19 bits per heavy atom. The van der Waals surface area contributed by atoms with Crippen LogP contribution in [0.2, 0.25) is 0 Å². The van der Waals surface area contributed by atoms with Gasteiger partial charge in [-0.15, -0.1) is 0 Å². The summed E-state index contributed by atoms with van der Waals surface area (Å²) in [6.45, 7) is 5.61. The summed E-state index contributed by atoms with van der Waals surface area (Å²) >= 11 is 0. The monoisotopic (exact) mass is 376 g/mol. The van der Waals surface area contributed by atoms with Crippen molar-refractivity contribution in [2.75, 3.05) is 13.2 Å². The van der Waals surface area contributed by atoms with Gasteiger partial charge in [0.2, 0.25) is 5.76 Å². The molecule has 0 radical (unpaired) electrons. The predicted octanol–water partition coefficient (Wildman–Crippen LogP) is 2.75. The fraction of sp³-hybridized carbons (Fsp3) is 0.421. The first-order valence-corrected chi connectivity index (χ1v) is 8.81. The molecule has 1 aromatic heterocycles. The molecule has 2 rings (SSSR count). The highest BCUT2D eigenvalue weighted by Crippen LogP contribution is 2.27. The maximum atomic E-state index is 12.4. The molecule has 0 unspecified atom stereocenters. The number of para-hydroxylation sites is 1. The second-order valence-corrected chi connectivity index (χ2v) is 5.95. The molecule has 0 spiro atoms. The van der Waals surface area contributed by atoms with Crippen molar-refractivity contribution in [3.05, 3.63) is 35.6 Å². The van der Waals surface area contributed by atoms with Crippen LogP contribution in [0.1, 0.15) is 43.3 Å². The smallest absolute Gasteiger partial charge is 0.375 e. The molecule has 1 heterocycles. The standard InChI is InChI=1S/C19H24N2O6/c1-4-12(3)20-19(24)21-16(22)11-26-18(23)17-14(10-25-5-2)13-8-6-7-9-15(13)27-17/h6-9,12H,4-5,10-11H2,1-3H3,(H2,20,21,22,24)/t12-/m1/s1. The summed E-state index contributed by atoms with van der Waals surface area (Å²) in [6.07, 6.45) is 0.727. The predicted molar refractivity (Wildman–Crippen MR) is 98.3 cm³/mol. The van der Waals surface area contributed by atoms with E-state index >= 15 is 0 Å². The minimum Gasteiger partial charge on any atom is -0.450 e. The van der Waals surface area contributed by atoms with Gasteiger partial charge < -0.3 is 19.2 Å². The average molecular weight is 376 g/mol. The molecular formula is C19H24N2O6. The van der Waals surface area contributed by atoms with Crippen molar-refractivity contribution in [2.24, 2.45) is 0 Å². The van der Waals surface area contributed by atoms with E-state index in [2.05, 4.69) is 10.6 Å². The Balaban J connectivity index is 2.01. The van der Waals surface area contributed by atoms with Gasteiger partial charge in [-0.1, -0.05) is 25.1 Å². The number of benzene rings is 1. The number of imide groups is 1. The molecule has 2 N–H and O–H groups in total. The molecule has 0 saturated heterocycles. The molecule has 0 aliphatic heterocycles. The van der Waals surface area contributed by atoms with E-state index in [4.69, 9.17) is 13.9 Å². The maximum Gasteiger partial charge on any atom is 0.375 e. The third-order valence-corrected chi connectivity index (χ3v) is 3.91. The Labute approximate surface area is 157 Å². The first kappa shape index (κ1) is 20.4. The Morgan fingerprint density at radius 2 is 1.93 bits per heavy atom. The molecule has 27 heavy (non-hydrogen) atoms. The van der Waals surface area contributed by atoms with E-state index in [1.54, 1.807) is 12.1 Å². The fourth-order valence-electron chi connectivity index (χ4n) is 2.33. The Kier molecular flexibility index (Phi) is 7.36. The van der Waals surface area contributed by atoms with E-state index in [1.165, 1.54) is 0 Å². The van der Waals surface area contributed by atoms with Gasteiger partial charge in [0, 0.05) is 23.6 Å². The molecule has 8 nitrogen and oxygen atoms in total. The van der Waals surface area contributed by atoms with E-state index in [0.29, 0.717) is 17.8 Å². The highest BCUT2D eigenvalue weighted by molar-refractivity contribution is 5.99. The number of carbonyl (C=O) groups excluding carboxylic acids is 3. The first-order chi connectivity index (χ1) is 13.0. The largest absolute Gasteiger partial charge is 0.450 e. The molecule has 0 aliphatic carbocycles. The third-order valence-electron chi connectivity index (χ3n) is 3.91. The van der Waals surface area contributed by atoms with E-state index in [0.717, 1.165) is 11.8 Å². The van der Waals surface area contributed by atoms with Crippen molar-refractivity contribution in [3.63, 3.8) is 0 Å². The van der Waals surface area contributed by atoms with E-state index in [1.807, 2.05) is 32.9 Å². The second-order valence-electron chi connectivity index (χ2n) is 5.95. The van der Waals surface area contributed by atoms with Crippen LogP contribution >= 0.6 is 0 Å². The Bertz CT molecular complexity index is 814.